The Kier molecular flexibility index (Phi) is 6.56. The van der Waals surface area contributed by atoms with Crippen LogP contribution in [-0.2, 0) is 11.2 Å². The predicted molar refractivity (Wildman–Crippen MR) is 113 cm³/mol. The molecule has 0 unspecified atom stereocenters. The molecule has 0 spiro atoms. The average molecular weight is 411 g/mol. The summed E-state index contributed by atoms with van der Waals surface area (Å²) in [6, 6.07) is 10.1. The molecule has 0 saturated carbocycles. The zero-order valence-corrected chi connectivity index (χ0v) is 17.4. The van der Waals surface area contributed by atoms with Crippen molar-refractivity contribution in [3.8, 4) is 11.5 Å². The maximum absolute atomic E-state index is 12.7. The number of carbonyl (C=O) groups excluding carboxylic acids is 2. The van der Waals surface area contributed by atoms with Gasteiger partial charge in [0.25, 0.3) is 11.8 Å². The summed E-state index contributed by atoms with van der Waals surface area (Å²) < 4.78 is 16.4. The first-order chi connectivity index (χ1) is 14.4. The Labute approximate surface area is 174 Å². The van der Waals surface area contributed by atoms with Crippen molar-refractivity contribution < 1.29 is 23.5 Å². The van der Waals surface area contributed by atoms with Crippen LogP contribution in [-0.4, -0.2) is 36.6 Å². The minimum Gasteiger partial charge on any atom is -0.493 e. The molecule has 0 atom stereocenters. The van der Waals surface area contributed by atoms with Gasteiger partial charge < -0.3 is 24.5 Å². The van der Waals surface area contributed by atoms with Gasteiger partial charge in [0.2, 0.25) is 0 Å². The number of hydrogen-bond donors (Lipinski definition) is 2. The summed E-state index contributed by atoms with van der Waals surface area (Å²) in [5.41, 5.74) is 2.36. The topological polar surface area (TPSA) is 103 Å². The van der Waals surface area contributed by atoms with Crippen molar-refractivity contribution in [1.82, 2.24) is 10.3 Å². The van der Waals surface area contributed by atoms with Crippen LogP contribution in [0.3, 0.4) is 0 Å². The number of methoxy groups -OCH3 is 1. The van der Waals surface area contributed by atoms with E-state index in [0.29, 0.717) is 46.2 Å². The number of aryl methyl sites for hydroxylation is 1. The maximum Gasteiger partial charge on any atom is 0.258 e. The molecule has 158 valence electrons. The second-order valence-corrected chi connectivity index (χ2v) is 6.97. The SMILES string of the molecule is CCc1nc2cc(NC(=O)c3ccc(OCC(=O)NC(C)C)c(OC)c3)ccc2o1. The largest absolute Gasteiger partial charge is 0.493 e. The summed E-state index contributed by atoms with van der Waals surface area (Å²) in [5, 5.41) is 5.58. The molecule has 0 radical (unpaired) electrons. The van der Waals surface area contributed by atoms with Gasteiger partial charge in [-0.2, -0.15) is 0 Å². The number of nitrogens with one attached hydrogen (secondary N) is 2. The van der Waals surface area contributed by atoms with Crippen LogP contribution in [0, 0.1) is 0 Å². The molecule has 0 aliphatic heterocycles. The molecule has 0 fully saturated rings. The fourth-order valence-corrected chi connectivity index (χ4v) is 2.84. The van der Waals surface area contributed by atoms with Crippen LogP contribution < -0.4 is 20.1 Å². The van der Waals surface area contributed by atoms with Crippen molar-refractivity contribution >= 4 is 28.6 Å². The highest BCUT2D eigenvalue weighted by atomic mass is 16.5. The van der Waals surface area contributed by atoms with E-state index in [1.54, 1.807) is 36.4 Å². The molecule has 8 nitrogen and oxygen atoms in total. The lowest BCUT2D eigenvalue weighted by atomic mass is 10.1. The third-order valence-corrected chi connectivity index (χ3v) is 4.23. The number of hydrogen-bond acceptors (Lipinski definition) is 6. The van der Waals surface area contributed by atoms with Crippen LogP contribution in [0.4, 0.5) is 5.69 Å². The van der Waals surface area contributed by atoms with E-state index >= 15 is 0 Å². The highest BCUT2D eigenvalue weighted by Gasteiger charge is 2.14. The average Bonchev–Trinajstić information content (AvgIpc) is 3.14. The maximum atomic E-state index is 12.7. The molecule has 2 aromatic carbocycles. The molecule has 3 aromatic rings. The minimum atomic E-state index is -0.309. The highest BCUT2D eigenvalue weighted by Crippen LogP contribution is 2.28. The summed E-state index contributed by atoms with van der Waals surface area (Å²) in [5.74, 6) is 0.846. The monoisotopic (exact) mass is 411 g/mol. The number of oxazole rings is 1. The van der Waals surface area contributed by atoms with Gasteiger partial charge in [0.1, 0.15) is 5.52 Å². The molecule has 2 amide bonds. The molecule has 0 saturated heterocycles. The number of fused-ring (bicyclic) bond motifs is 1. The summed E-state index contributed by atoms with van der Waals surface area (Å²) in [6.45, 7) is 5.56. The van der Waals surface area contributed by atoms with Crippen molar-refractivity contribution in [2.45, 2.75) is 33.2 Å². The fourth-order valence-electron chi connectivity index (χ4n) is 2.84. The Hall–Kier alpha value is -3.55. The number of nitrogens with zero attached hydrogens (tertiary/aromatic N) is 1. The number of anilines is 1. The fraction of sp³-hybridized carbons (Fsp3) is 0.318. The second kappa shape index (κ2) is 9.30. The highest BCUT2D eigenvalue weighted by molar-refractivity contribution is 6.05. The van der Waals surface area contributed by atoms with Gasteiger partial charge in [-0.05, 0) is 50.2 Å². The predicted octanol–water partition coefficient (Wildman–Crippen LogP) is 3.55. The second-order valence-electron chi connectivity index (χ2n) is 6.97. The van der Waals surface area contributed by atoms with Crippen molar-refractivity contribution in [2.24, 2.45) is 0 Å². The van der Waals surface area contributed by atoms with Crippen molar-refractivity contribution in [3.05, 3.63) is 47.9 Å². The summed E-state index contributed by atoms with van der Waals surface area (Å²) in [4.78, 5) is 28.8. The van der Waals surface area contributed by atoms with Crippen LogP contribution in [0.2, 0.25) is 0 Å². The minimum absolute atomic E-state index is 0.0269. The van der Waals surface area contributed by atoms with Crippen LogP contribution in [0.25, 0.3) is 11.1 Å². The lowest BCUT2D eigenvalue weighted by Crippen LogP contribution is -2.34. The first-order valence-corrected chi connectivity index (χ1v) is 9.70. The Balaban J connectivity index is 1.70. The van der Waals surface area contributed by atoms with Crippen molar-refractivity contribution in [3.63, 3.8) is 0 Å². The zero-order chi connectivity index (χ0) is 21.7. The van der Waals surface area contributed by atoms with Crippen LogP contribution >= 0.6 is 0 Å². The Morgan fingerprint density at radius 2 is 1.93 bits per heavy atom. The quantitative estimate of drug-likeness (QED) is 0.588. The Bertz CT molecular complexity index is 1060. The van der Waals surface area contributed by atoms with E-state index < -0.39 is 0 Å². The Morgan fingerprint density at radius 1 is 1.13 bits per heavy atom. The molecule has 2 N–H and O–H groups in total. The van der Waals surface area contributed by atoms with E-state index in [1.165, 1.54) is 7.11 Å². The van der Waals surface area contributed by atoms with E-state index in [4.69, 9.17) is 13.9 Å². The number of amides is 2. The van der Waals surface area contributed by atoms with Gasteiger partial charge in [-0.25, -0.2) is 4.98 Å². The van der Waals surface area contributed by atoms with Gasteiger partial charge in [0.15, 0.2) is 29.6 Å². The van der Waals surface area contributed by atoms with E-state index in [1.807, 2.05) is 20.8 Å². The molecule has 0 bridgehead atoms. The number of benzene rings is 2. The molecular weight excluding hydrogens is 386 g/mol. The smallest absolute Gasteiger partial charge is 0.258 e. The summed E-state index contributed by atoms with van der Waals surface area (Å²) in [6.07, 6.45) is 0.698. The van der Waals surface area contributed by atoms with Gasteiger partial charge >= 0.3 is 0 Å². The van der Waals surface area contributed by atoms with Crippen LogP contribution in [0.15, 0.2) is 40.8 Å². The van der Waals surface area contributed by atoms with Gasteiger partial charge in [-0.3, -0.25) is 9.59 Å². The first-order valence-electron chi connectivity index (χ1n) is 9.70. The van der Waals surface area contributed by atoms with E-state index in [0.717, 1.165) is 0 Å². The molecule has 8 heteroatoms. The number of aromatic nitrogens is 1. The zero-order valence-electron chi connectivity index (χ0n) is 17.4. The third-order valence-electron chi connectivity index (χ3n) is 4.23. The van der Waals surface area contributed by atoms with E-state index in [9.17, 15) is 9.59 Å². The molecule has 3 rings (SSSR count). The molecular formula is C22H25N3O5. The lowest BCUT2D eigenvalue weighted by molar-refractivity contribution is -0.123. The Morgan fingerprint density at radius 3 is 2.63 bits per heavy atom. The van der Waals surface area contributed by atoms with Gasteiger partial charge in [-0.15, -0.1) is 0 Å². The van der Waals surface area contributed by atoms with Gasteiger partial charge in [0, 0.05) is 23.7 Å². The van der Waals surface area contributed by atoms with Gasteiger partial charge in [-0.1, -0.05) is 6.92 Å². The van der Waals surface area contributed by atoms with Crippen molar-refractivity contribution in [2.75, 3.05) is 19.0 Å². The molecule has 30 heavy (non-hydrogen) atoms. The lowest BCUT2D eigenvalue weighted by Gasteiger charge is -2.13. The normalized spacial score (nSPS) is 10.8. The van der Waals surface area contributed by atoms with Crippen LogP contribution in [0.1, 0.15) is 37.0 Å². The number of carbonyl (C=O) groups is 2. The van der Waals surface area contributed by atoms with E-state index in [2.05, 4.69) is 15.6 Å². The van der Waals surface area contributed by atoms with E-state index in [-0.39, 0.29) is 24.5 Å². The standard InChI is InChI=1S/C22H25N3O5/c1-5-21-25-16-11-15(7-9-17(16)30-21)24-22(27)14-6-8-18(19(10-14)28-4)29-12-20(26)23-13(2)3/h6-11,13H,5,12H2,1-4H3,(H,23,26)(H,24,27). The van der Waals surface area contributed by atoms with Crippen molar-refractivity contribution in [1.29, 1.82) is 0 Å². The summed E-state index contributed by atoms with van der Waals surface area (Å²) >= 11 is 0. The molecule has 0 aliphatic rings. The molecule has 1 heterocycles. The third kappa shape index (κ3) is 5.08. The van der Waals surface area contributed by atoms with Crippen LogP contribution in [0.5, 0.6) is 11.5 Å². The van der Waals surface area contributed by atoms with Gasteiger partial charge in [0.05, 0.1) is 7.11 Å². The number of rotatable bonds is 8. The molecule has 1 aromatic heterocycles. The first kappa shape index (κ1) is 21.2. The molecule has 0 aliphatic carbocycles. The summed E-state index contributed by atoms with van der Waals surface area (Å²) in [7, 11) is 1.47. The number of ether oxygens (including phenoxy) is 2.